The van der Waals surface area contributed by atoms with E-state index in [2.05, 4.69) is 6.07 Å². The van der Waals surface area contributed by atoms with Gasteiger partial charge in [0.1, 0.15) is 12.4 Å². The molecule has 0 atom stereocenters. The van der Waals surface area contributed by atoms with Gasteiger partial charge >= 0.3 is 0 Å². The van der Waals surface area contributed by atoms with Crippen molar-refractivity contribution in [1.82, 2.24) is 9.38 Å². The van der Waals surface area contributed by atoms with Crippen LogP contribution in [0.15, 0.2) is 67.0 Å². The maximum absolute atomic E-state index is 5.96. The fourth-order valence-electron chi connectivity index (χ4n) is 3.00. The number of methoxy groups -OCH3 is 1. The Morgan fingerprint density at radius 3 is 2.59 bits per heavy atom. The number of imidazole rings is 1. The van der Waals surface area contributed by atoms with Crippen molar-refractivity contribution < 1.29 is 9.47 Å². The number of aryl methyl sites for hydroxylation is 1. The summed E-state index contributed by atoms with van der Waals surface area (Å²) < 4.78 is 13.3. The van der Waals surface area contributed by atoms with Gasteiger partial charge in [0.25, 0.3) is 0 Å². The quantitative estimate of drug-likeness (QED) is 0.456. The van der Waals surface area contributed by atoms with Gasteiger partial charge in [-0.15, -0.1) is 0 Å². The fourth-order valence-corrected chi connectivity index (χ4v) is 3.12. The van der Waals surface area contributed by atoms with Crippen molar-refractivity contribution in [3.8, 4) is 22.8 Å². The van der Waals surface area contributed by atoms with Crippen LogP contribution in [-0.2, 0) is 6.61 Å². The first-order valence-corrected chi connectivity index (χ1v) is 9.02. The highest BCUT2D eigenvalue weighted by Crippen LogP contribution is 2.28. The van der Waals surface area contributed by atoms with Gasteiger partial charge in [-0.3, -0.25) is 0 Å². The Balaban J connectivity index is 1.57. The fraction of sp³-hybridized carbons (Fsp3) is 0.136. The third kappa shape index (κ3) is 3.62. The highest BCUT2D eigenvalue weighted by Gasteiger charge is 2.10. The molecule has 0 spiro atoms. The topological polar surface area (TPSA) is 35.8 Å². The molecule has 0 amide bonds. The highest BCUT2D eigenvalue weighted by atomic mass is 35.5. The Hall–Kier alpha value is -2.98. The van der Waals surface area contributed by atoms with Crippen LogP contribution >= 0.6 is 11.6 Å². The van der Waals surface area contributed by atoms with E-state index in [0.29, 0.717) is 6.61 Å². The predicted molar refractivity (Wildman–Crippen MR) is 108 cm³/mol. The van der Waals surface area contributed by atoms with Crippen LogP contribution in [0.4, 0.5) is 0 Å². The Labute approximate surface area is 163 Å². The maximum Gasteiger partial charge on any atom is 0.180 e. The van der Waals surface area contributed by atoms with E-state index in [9.17, 15) is 0 Å². The van der Waals surface area contributed by atoms with E-state index in [1.807, 2.05) is 72.2 Å². The molecule has 2 aromatic heterocycles. The van der Waals surface area contributed by atoms with Gasteiger partial charge in [0.05, 0.1) is 12.8 Å². The molecule has 0 aliphatic rings. The number of nitrogens with zero attached hydrogens (tertiary/aromatic N) is 2. The van der Waals surface area contributed by atoms with Crippen LogP contribution < -0.4 is 9.47 Å². The second-order valence-corrected chi connectivity index (χ2v) is 6.77. The van der Waals surface area contributed by atoms with Gasteiger partial charge in [0.2, 0.25) is 0 Å². The van der Waals surface area contributed by atoms with E-state index < -0.39 is 0 Å². The molecule has 2 aromatic carbocycles. The molecular formula is C22H19ClN2O2. The zero-order valence-electron chi connectivity index (χ0n) is 15.1. The summed E-state index contributed by atoms with van der Waals surface area (Å²) in [4.78, 5) is 4.71. The van der Waals surface area contributed by atoms with Crippen LogP contribution in [0.5, 0.6) is 11.5 Å². The van der Waals surface area contributed by atoms with Crippen LogP contribution in [0.25, 0.3) is 16.9 Å². The number of benzene rings is 2. The summed E-state index contributed by atoms with van der Waals surface area (Å²) in [5.74, 6) is 1.61. The first-order valence-electron chi connectivity index (χ1n) is 8.64. The molecule has 0 fully saturated rings. The first kappa shape index (κ1) is 17.4. The molecule has 0 saturated heterocycles. The van der Waals surface area contributed by atoms with E-state index in [0.717, 1.165) is 44.6 Å². The molecule has 0 radical (unpaired) electrons. The SMILES string of the molecule is COc1cccn2cc(-c3ccc(OCc4ccc(Cl)cc4)c(C)c3)nc12. The number of hydrogen-bond acceptors (Lipinski definition) is 3. The summed E-state index contributed by atoms with van der Waals surface area (Å²) in [5, 5.41) is 0.725. The van der Waals surface area contributed by atoms with Crippen molar-refractivity contribution in [3.05, 3.63) is 83.1 Å². The van der Waals surface area contributed by atoms with Crippen LogP contribution in [0.2, 0.25) is 5.02 Å². The minimum Gasteiger partial charge on any atom is -0.493 e. The molecule has 0 aliphatic heterocycles. The maximum atomic E-state index is 5.96. The summed E-state index contributed by atoms with van der Waals surface area (Å²) >= 11 is 5.92. The lowest BCUT2D eigenvalue weighted by Gasteiger charge is -2.10. The molecule has 0 unspecified atom stereocenters. The van der Waals surface area contributed by atoms with Gasteiger partial charge in [0, 0.05) is 23.0 Å². The molecule has 4 rings (SSSR count). The minimum atomic E-state index is 0.503. The second kappa shape index (κ2) is 7.33. The lowest BCUT2D eigenvalue weighted by atomic mass is 10.1. The summed E-state index contributed by atoms with van der Waals surface area (Å²) in [7, 11) is 1.65. The van der Waals surface area contributed by atoms with Crippen LogP contribution in [-0.4, -0.2) is 16.5 Å². The van der Waals surface area contributed by atoms with E-state index in [-0.39, 0.29) is 0 Å². The largest absolute Gasteiger partial charge is 0.493 e. The van der Waals surface area contributed by atoms with Crippen molar-refractivity contribution in [2.75, 3.05) is 7.11 Å². The smallest absolute Gasteiger partial charge is 0.180 e. The van der Waals surface area contributed by atoms with Crippen molar-refractivity contribution >= 4 is 17.2 Å². The van der Waals surface area contributed by atoms with Gasteiger partial charge < -0.3 is 13.9 Å². The Morgan fingerprint density at radius 2 is 1.85 bits per heavy atom. The molecule has 0 saturated carbocycles. The molecule has 0 N–H and O–H groups in total. The summed E-state index contributed by atoms with van der Waals surface area (Å²) in [5.41, 5.74) is 4.88. The zero-order chi connectivity index (χ0) is 18.8. The molecule has 2 heterocycles. The highest BCUT2D eigenvalue weighted by molar-refractivity contribution is 6.30. The summed E-state index contributed by atoms with van der Waals surface area (Å²) in [6, 6.07) is 17.6. The van der Waals surface area contributed by atoms with Gasteiger partial charge in [-0.1, -0.05) is 23.7 Å². The van der Waals surface area contributed by atoms with E-state index in [1.54, 1.807) is 7.11 Å². The molecule has 0 aliphatic carbocycles. The van der Waals surface area contributed by atoms with Gasteiger partial charge in [-0.05, 0) is 60.5 Å². The molecule has 27 heavy (non-hydrogen) atoms. The molecule has 136 valence electrons. The third-order valence-electron chi connectivity index (χ3n) is 4.45. The van der Waals surface area contributed by atoms with Crippen molar-refractivity contribution in [2.24, 2.45) is 0 Å². The van der Waals surface area contributed by atoms with Crippen LogP contribution in [0.3, 0.4) is 0 Å². The Bertz CT molecular complexity index is 1090. The number of pyridine rings is 1. The number of rotatable bonds is 5. The molecule has 0 bridgehead atoms. The summed E-state index contributed by atoms with van der Waals surface area (Å²) in [6.07, 6.45) is 3.96. The van der Waals surface area contributed by atoms with Gasteiger partial charge in [-0.25, -0.2) is 4.98 Å². The zero-order valence-corrected chi connectivity index (χ0v) is 15.9. The van der Waals surface area contributed by atoms with Gasteiger partial charge in [0.15, 0.2) is 11.4 Å². The van der Waals surface area contributed by atoms with E-state index >= 15 is 0 Å². The van der Waals surface area contributed by atoms with Crippen molar-refractivity contribution in [1.29, 1.82) is 0 Å². The van der Waals surface area contributed by atoms with Gasteiger partial charge in [-0.2, -0.15) is 0 Å². The second-order valence-electron chi connectivity index (χ2n) is 6.33. The van der Waals surface area contributed by atoms with E-state index in [1.165, 1.54) is 0 Å². The standard InChI is InChI=1S/C22H19ClN2O2/c1-15-12-17(19-13-25-11-3-4-21(26-2)22(25)24-19)7-10-20(15)27-14-16-5-8-18(23)9-6-16/h3-13H,14H2,1-2H3. The number of ether oxygens (including phenoxy) is 2. The van der Waals surface area contributed by atoms with Crippen LogP contribution in [0, 0.1) is 6.92 Å². The lowest BCUT2D eigenvalue weighted by Crippen LogP contribution is -1.97. The lowest BCUT2D eigenvalue weighted by molar-refractivity contribution is 0.304. The average Bonchev–Trinajstić information content (AvgIpc) is 3.12. The molecule has 5 heteroatoms. The Kier molecular flexibility index (Phi) is 4.73. The first-order chi connectivity index (χ1) is 13.1. The number of hydrogen-bond donors (Lipinski definition) is 0. The Morgan fingerprint density at radius 1 is 1.04 bits per heavy atom. The van der Waals surface area contributed by atoms with Crippen LogP contribution in [0.1, 0.15) is 11.1 Å². The molecule has 4 aromatic rings. The number of aromatic nitrogens is 2. The summed E-state index contributed by atoms with van der Waals surface area (Å²) in [6.45, 7) is 2.54. The van der Waals surface area contributed by atoms with Crippen molar-refractivity contribution in [2.45, 2.75) is 13.5 Å². The normalized spacial score (nSPS) is 10.9. The van der Waals surface area contributed by atoms with E-state index in [4.69, 9.17) is 26.1 Å². The molecular weight excluding hydrogens is 360 g/mol. The number of fused-ring (bicyclic) bond motifs is 1. The van der Waals surface area contributed by atoms with Crippen molar-refractivity contribution in [3.63, 3.8) is 0 Å². The third-order valence-corrected chi connectivity index (χ3v) is 4.70. The molecule has 4 nitrogen and oxygen atoms in total. The monoisotopic (exact) mass is 378 g/mol. The minimum absolute atomic E-state index is 0.503. The number of halogens is 1. The predicted octanol–water partition coefficient (Wildman–Crippen LogP) is 5.55. The average molecular weight is 379 g/mol.